The van der Waals surface area contributed by atoms with E-state index in [1.807, 2.05) is 42.5 Å². The van der Waals surface area contributed by atoms with Crippen LogP contribution in [-0.2, 0) is 4.79 Å². The van der Waals surface area contributed by atoms with Gasteiger partial charge in [0.2, 0.25) is 11.7 Å². The lowest BCUT2D eigenvalue weighted by molar-refractivity contribution is -0.122. The molecule has 124 valence electrons. The van der Waals surface area contributed by atoms with E-state index >= 15 is 0 Å². The topological polar surface area (TPSA) is 83.1 Å². The Labute approximate surface area is 144 Å². The number of nitrogens with one attached hydrogen (secondary N) is 1. The van der Waals surface area contributed by atoms with Crippen LogP contribution in [0, 0.1) is 24.2 Å². The third-order valence-electron chi connectivity index (χ3n) is 4.63. The Hall–Kier alpha value is -3.13. The molecule has 0 saturated heterocycles. The van der Waals surface area contributed by atoms with Crippen LogP contribution in [0.15, 0.2) is 40.8 Å². The number of carbonyl (C=O) groups excluding carboxylic acids is 2. The Balaban J connectivity index is 1.78. The van der Waals surface area contributed by atoms with Crippen molar-refractivity contribution in [1.29, 1.82) is 5.26 Å². The van der Waals surface area contributed by atoms with E-state index in [0.717, 1.165) is 29.0 Å². The van der Waals surface area contributed by atoms with Gasteiger partial charge in [-0.15, -0.1) is 0 Å². The molecule has 1 aliphatic rings. The quantitative estimate of drug-likeness (QED) is 0.585. The minimum Gasteiger partial charge on any atom is -0.452 e. The monoisotopic (exact) mass is 332 g/mol. The fourth-order valence-corrected chi connectivity index (χ4v) is 3.06. The van der Waals surface area contributed by atoms with Crippen LogP contribution in [0.3, 0.4) is 0 Å². The van der Waals surface area contributed by atoms with Gasteiger partial charge in [-0.05, 0) is 25.2 Å². The number of carbonyl (C=O) groups is 2. The predicted octanol–water partition coefficient (Wildman–Crippen LogP) is 3.50. The van der Waals surface area contributed by atoms with Crippen LogP contribution in [0.2, 0.25) is 0 Å². The third-order valence-corrected chi connectivity index (χ3v) is 4.63. The first-order chi connectivity index (χ1) is 12.1. The molecule has 2 aromatic carbocycles. The fourth-order valence-electron chi connectivity index (χ4n) is 3.06. The minimum absolute atomic E-state index is 0.0869. The van der Waals surface area contributed by atoms with Gasteiger partial charge in [0.05, 0.1) is 6.07 Å². The van der Waals surface area contributed by atoms with Crippen LogP contribution in [0.5, 0.6) is 0 Å². The zero-order chi connectivity index (χ0) is 17.6. The maximum absolute atomic E-state index is 12.8. The second-order valence-corrected chi connectivity index (χ2v) is 6.43. The van der Waals surface area contributed by atoms with E-state index in [2.05, 4.69) is 5.32 Å². The molecule has 25 heavy (non-hydrogen) atoms. The van der Waals surface area contributed by atoms with Gasteiger partial charge in [0.25, 0.3) is 0 Å². The summed E-state index contributed by atoms with van der Waals surface area (Å²) in [7, 11) is 0. The molecule has 3 aromatic rings. The number of nitrogens with zero attached hydrogens (tertiary/aromatic N) is 1. The number of nitriles is 1. The maximum atomic E-state index is 12.8. The summed E-state index contributed by atoms with van der Waals surface area (Å²) in [6.07, 6.45) is 1.79. The first-order valence-electron chi connectivity index (χ1n) is 8.25. The molecule has 5 heteroatoms. The zero-order valence-corrected chi connectivity index (χ0v) is 13.7. The van der Waals surface area contributed by atoms with Gasteiger partial charge >= 0.3 is 0 Å². The molecule has 1 N–H and O–H groups in total. The number of ketones is 1. The van der Waals surface area contributed by atoms with Crippen LogP contribution in [0.1, 0.15) is 29.0 Å². The second kappa shape index (κ2) is 5.75. The van der Waals surface area contributed by atoms with Crippen molar-refractivity contribution < 1.29 is 14.0 Å². The summed E-state index contributed by atoms with van der Waals surface area (Å²) >= 11 is 0. The number of rotatable bonds is 4. The Morgan fingerprint density at radius 1 is 1.20 bits per heavy atom. The van der Waals surface area contributed by atoms with Crippen molar-refractivity contribution in [3.05, 3.63) is 47.7 Å². The van der Waals surface area contributed by atoms with Gasteiger partial charge in [-0.2, -0.15) is 5.26 Å². The second-order valence-electron chi connectivity index (χ2n) is 6.43. The van der Waals surface area contributed by atoms with E-state index < -0.39 is 17.6 Å². The molecule has 1 amide bonds. The van der Waals surface area contributed by atoms with Crippen molar-refractivity contribution in [2.24, 2.45) is 5.92 Å². The molecule has 0 spiro atoms. The molecular weight excluding hydrogens is 316 g/mol. The summed E-state index contributed by atoms with van der Waals surface area (Å²) in [6.45, 7) is 1.78. The van der Waals surface area contributed by atoms with Crippen molar-refractivity contribution in [3.8, 4) is 6.07 Å². The van der Waals surface area contributed by atoms with E-state index in [9.17, 15) is 14.9 Å². The third kappa shape index (κ3) is 2.56. The van der Waals surface area contributed by atoms with Gasteiger partial charge in [-0.25, -0.2) is 0 Å². The SMILES string of the molecule is Cc1c(C(=O)C(C#N)C(=O)NC2CC2)oc2c1ccc1ccccc12. The molecule has 1 fully saturated rings. The van der Waals surface area contributed by atoms with Gasteiger partial charge in [0.1, 0.15) is 5.58 Å². The number of amides is 1. The van der Waals surface area contributed by atoms with Gasteiger partial charge in [0.15, 0.2) is 11.7 Å². The average molecular weight is 332 g/mol. The summed E-state index contributed by atoms with van der Waals surface area (Å²) in [6, 6.07) is 13.5. The molecule has 1 atom stereocenters. The molecule has 1 saturated carbocycles. The molecule has 0 bridgehead atoms. The van der Waals surface area contributed by atoms with E-state index in [-0.39, 0.29) is 11.8 Å². The van der Waals surface area contributed by atoms with Gasteiger partial charge < -0.3 is 9.73 Å². The number of aryl methyl sites for hydroxylation is 1. The smallest absolute Gasteiger partial charge is 0.245 e. The molecular formula is C20H16N2O3. The Bertz CT molecular complexity index is 1050. The van der Waals surface area contributed by atoms with E-state index in [4.69, 9.17) is 4.42 Å². The van der Waals surface area contributed by atoms with Crippen LogP contribution < -0.4 is 5.32 Å². The van der Waals surface area contributed by atoms with Gasteiger partial charge in [0, 0.05) is 22.4 Å². The molecule has 1 unspecified atom stereocenters. The highest BCUT2D eigenvalue weighted by molar-refractivity contribution is 6.15. The highest BCUT2D eigenvalue weighted by Gasteiger charge is 2.35. The molecule has 1 aliphatic carbocycles. The summed E-state index contributed by atoms with van der Waals surface area (Å²) in [5.74, 6) is -2.42. The van der Waals surface area contributed by atoms with Gasteiger partial charge in [-0.3, -0.25) is 9.59 Å². The van der Waals surface area contributed by atoms with E-state index in [1.54, 1.807) is 6.92 Å². The summed E-state index contributed by atoms with van der Waals surface area (Å²) in [4.78, 5) is 25.0. The van der Waals surface area contributed by atoms with Crippen molar-refractivity contribution in [2.75, 3.05) is 0 Å². The lowest BCUT2D eigenvalue weighted by atomic mass is 9.99. The number of hydrogen-bond acceptors (Lipinski definition) is 4. The lowest BCUT2D eigenvalue weighted by Gasteiger charge is -2.07. The number of Topliss-reactive ketones (excluding diaryl/α,β-unsaturated/α-hetero) is 1. The van der Waals surface area contributed by atoms with Crippen molar-refractivity contribution >= 4 is 33.4 Å². The number of furan rings is 1. The number of fused-ring (bicyclic) bond motifs is 3. The Kier molecular flexibility index (Phi) is 3.54. The van der Waals surface area contributed by atoms with E-state index in [0.29, 0.717) is 11.1 Å². The van der Waals surface area contributed by atoms with Crippen LogP contribution in [0.25, 0.3) is 21.7 Å². The van der Waals surface area contributed by atoms with Gasteiger partial charge in [-0.1, -0.05) is 36.4 Å². The molecule has 5 nitrogen and oxygen atoms in total. The van der Waals surface area contributed by atoms with Crippen molar-refractivity contribution in [2.45, 2.75) is 25.8 Å². The molecule has 0 aliphatic heterocycles. The van der Waals surface area contributed by atoms with Crippen LogP contribution in [-0.4, -0.2) is 17.7 Å². The Morgan fingerprint density at radius 3 is 2.68 bits per heavy atom. The number of benzene rings is 2. The lowest BCUT2D eigenvalue weighted by Crippen LogP contribution is -2.36. The Morgan fingerprint density at radius 2 is 1.96 bits per heavy atom. The maximum Gasteiger partial charge on any atom is 0.245 e. The highest BCUT2D eigenvalue weighted by atomic mass is 16.3. The van der Waals surface area contributed by atoms with Crippen LogP contribution >= 0.6 is 0 Å². The minimum atomic E-state index is -1.38. The van der Waals surface area contributed by atoms with Crippen molar-refractivity contribution in [1.82, 2.24) is 5.32 Å². The molecule has 0 radical (unpaired) electrons. The standard InChI is InChI=1S/C20H16N2O3/c1-11-14-9-6-12-4-2-3-5-15(12)19(14)25-18(11)17(23)16(10-21)20(24)22-13-7-8-13/h2-6,9,13,16H,7-8H2,1H3,(H,22,24). The zero-order valence-electron chi connectivity index (χ0n) is 13.7. The first-order valence-corrected chi connectivity index (χ1v) is 8.25. The summed E-state index contributed by atoms with van der Waals surface area (Å²) < 4.78 is 5.85. The molecule has 4 rings (SSSR count). The molecule has 1 heterocycles. The predicted molar refractivity (Wildman–Crippen MR) is 93.1 cm³/mol. The largest absolute Gasteiger partial charge is 0.452 e. The summed E-state index contributed by atoms with van der Waals surface area (Å²) in [5, 5.41) is 14.8. The molecule has 1 aromatic heterocycles. The van der Waals surface area contributed by atoms with Crippen LogP contribution in [0.4, 0.5) is 0 Å². The normalized spacial score (nSPS) is 15.0. The van der Waals surface area contributed by atoms with E-state index in [1.165, 1.54) is 0 Å². The average Bonchev–Trinajstić information content (AvgIpc) is 3.36. The highest BCUT2D eigenvalue weighted by Crippen LogP contribution is 2.33. The first kappa shape index (κ1) is 15.4. The summed E-state index contributed by atoms with van der Waals surface area (Å²) in [5.41, 5.74) is 1.27. The van der Waals surface area contributed by atoms with Crippen molar-refractivity contribution in [3.63, 3.8) is 0 Å². The fraction of sp³-hybridized carbons (Fsp3) is 0.250. The number of hydrogen-bond donors (Lipinski definition) is 1.